The van der Waals surface area contributed by atoms with Gasteiger partial charge in [-0.3, -0.25) is 20.2 Å². The Hall–Kier alpha value is -2.45. The van der Waals surface area contributed by atoms with Crippen LogP contribution in [0.2, 0.25) is 0 Å². The van der Waals surface area contributed by atoms with Crippen molar-refractivity contribution >= 4 is 17.9 Å². The summed E-state index contributed by atoms with van der Waals surface area (Å²) < 4.78 is 15.8. The fourth-order valence-corrected chi connectivity index (χ4v) is 2.15. The number of rotatable bonds is 6. The van der Waals surface area contributed by atoms with Crippen molar-refractivity contribution in [2.24, 2.45) is 16.7 Å². The number of esters is 3. The molecular formula is C21H32N2O6. The van der Waals surface area contributed by atoms with Crippen LogP contribution < -0.4 is 20.7 Å². The first-order chi connectivity index (χ1) is 13.1. The molecule has 0 amide bonds. The van der Waals surface area contributed by atoms with Crippen LogP contribution in [0.3, 0.4) is 0 Å². The third kappa shape index (κ3) is 6.54. The van der Waals surface area contributed by atoms with Gasteiger partial charge in [-0.2, -0.15) is 0 Å². The van der Waals surface area contributed by atoms with Gasteiger partial charge in [0, 0.05) is 6.42 Å². The van der Waals surface area contributed by atoms with E-state index in [9.17, 15) is 14.4 Å². The maximum Gasteiger partial charge on any atom is 0.327 e. The van der Waals surface area contributed by atoms with Gasteiger partial charge in [-0.05, 0) is 66.2 Å². The van der Waals surface area contributed by atoms with E-state index in [0.29, 0.717) is 5.56 Å². The second-order valence-electron chi connectivity index (χ2n) is 9.20. The minimum absolute atomic E-state index is 0.0873. The van der Waals surface area contributed by atoms with Crippen LogP contribution in [0.1, 0.15) is 54.0 Å². The van der Waals surface area contributed by atoms with Crippen molar-refractivity contribution in [3.8, 4) is 11.5 Å². The molecule has 0 spiro atoms. The van der Waals surface area contributed by atoms with Crippen LogP contribution in [0, 0.1) is 10.8 Å². The zero-order valence-electron chi connectivity index (χ0n) is 18.5. The lowest BCUT2D eigenvalue weighted by Gasteiger charge is -2.26. The van der Waals surface area contributed by atoms with E-state index in [2.05, 4.69) is 5.43 Å². The standard InChI is InChI=1S/C21H32N2O6/c1-19(2,3)16(24)28-14-10-9-13(12-21(7,23-22)18(26)27-8)11-15(14)29-17(25)20(4,5)6/h9-11,23H,12,22H2,1-8H3. The van der Waals surface area contributed by atoms with Crippen molar-refractivity contribution in [2.45, 2.75) is 60.4 Å². The number of carbonyl (C=O) groups is 3. The third-order valence-corrected chi connectivity index (χ3v) is 4.15. The fourth-order valence-electron chi connectivity index (χ4n) is 2.15. The lowest BCUT2D eigenvalue weighted by atomic mass is 9.93. The van der Waals surface area contributed by atoms with Gasteiger partial charge in [0.2, 0.25) is 0 Å². The van der Waals surface area contributed by atoms with Gasteiger partial charge < -0.3 is 14.2 Å². The molecule has 0 saturated heterocycles. The molecule has 0 aliphatic heterocycles. The highest BCUT2D eigenvalue weighted by molar-refractivity contribution is 5.82. The molecule has 8 heteroatoms. The van der Waals surface area contributed by atoms with Gasteiger partial charge in [-0.25, -0.2) is 5.43 Å². The number of nitrogens with two attached hydrogens (primary N) is 1. The summed E-state index contributed by atoms with van der Waals surface area (Å²) in [6, 6.07) is 4.74. The van der Waals surface area contributed by atoms with E-state index in [4.69, 9.17) is 20.1 Å². The number of benzene rings is 1. The molecule has 8 nitrogen and oxygen atoms in total. The molecule has 1 atom stereocenters. The lowest BCUT2D eigenvalue weighted by Crippen LogP contribution is -2.55. The molecule has 1 rings (SSSR count). The Morgan fingerprint density at radius 2 is 1.34 bits per heavy atom. The summed E-state index contributed by atoms with van der Waals surface area (Å²) in [5.41, 5.74) is 0.396. The first-order valence-corrected chi connectivity index (χ1v) is 9.28. The van der Waals surface area contributed by atoms with Crippen molar-refractivity contribution in [1.82, 2.24) is 5.43 Å². The van der Waals surface area contributed by atoms with Gasteiger partial charge in [0.15, 0.2) is 11.5 Å². The molecule has 0 aliphatic carbocycles. The predicted octanol–water partition coefficient (Wildman–Crippen LogP) is 2.53. The molecule has 0 aliphatic rings. The maximum atomic E-state index is 12.4. The summed E-state index contributed by atoms with van der Waals surface area (Å²) in [6.45, 7) is 11.9. The monoisotopic (exact) mass is 408 g/mol. The van der Waals surface area contributed by atoms with Crippen LogP contribution in [-0.2, 0) is 25.5 Å². The van der Waals surface area contributed by atoms with E-state index in [-0.39, 0.29) is 17.9 Å². The van der Waals surface area contributed by atoms with Gasteiger partial charge in [0.25, 0.3) is 0 Å². The largest absolute Gasteiger partial charge is 0.468 e. The molecule has 3 N–H and O–H groups in total. The Morgan fingerprint density at radius 3 is 1.76 bits per heavy atom. The smallest absolute Gasteiger partial charge is 0.327 e. The van der Waals surface area contributed by atoms with Gasteiger partial charge >= 0.3 is 17.9 Å². The van der Waals surface area contributed by atoms with Crippen LogP contribution >= 0.6 is 0 Å². The van der Waals surface area contributed by atoms with Crippen LogP contribution in [0.5, 0.6) is 11.5 Å². The summed E-state index contributed by atoms with van der Waals surface area (Å²) in [5, 5.41) is 0. The molecule has 162 valence electrons. The average Bonchev–Trinajstić information content (AvgIpc) is 2.61. The normalized spacial score (nSPS) is 14.0. The number of ether oxygens (including phenoxy) is 3. The highest BCUT2D eigenvalue weighted by Crippen LogP contribution is 2.33. The molecule has 1 unspecified atom stereocenters. The number of hydrogen-bond donors (Lipinski definition) is 2. The SMILES string of the molecule is COC(=O)C(C)(Cc1ccc(OC(=O)C(C)(C)C)c(OC(=O)C(C)(C)C)c1)NN. The van der Waals surface area contributed by atoms with Gasteiger partial charge in [-0.15, -0.1) is 0 Å². The zero-order chi connectivity index (χ0) is 22.6. The molecular weight excluding hydrogens is 376 g/mol. The summed E-state index contributed by atoms with van der Waals surface area (Å²) in [4.78, 5) is 36.8. The van der Waals surface area contributed by atoms with Crippen LogP contribution in [-0.4, -0.2) is 30.6 Å². The third-order valence-electron chi connectivity index (χ3n) is 4.15. The second-order valence-corrected chi connectivity index (χ2v) is 9.20. The van der Waals surface area contributed by atoms with Crippen LogP contribution in [0.4, 0.5) is 0 Å². The van der Waals surface area contributed by atoms with Crippen LogP contribution in [0.25, 0.3) is 0 Å². The quantitative estimate of drug-likeness (QED) is 0.319. The highest BCUT2D eigenvalue weighted by atomic mass is 16.6. The van der Waals surface area contributed by atoms with Gasteiger partial charge in [0.1, 0.15) is 5.54 Å². The Labute approximate surface area is 172 Å². The number of nitrogens with one attached hydrogen (secondary N) is 1. The Bertz CT molecular complexity index is 776. The molecule has 0 bridgehead atoms. The van der Waals surface area contributed by atoms with Crippen molar-refractivity contribution in [3.05, 3.63) is 23.8 Å². The summed E-state index contributed by atoms with van der Waals surface area (Å²) in [6.07, 6.45) is 0.156. The average molecular weight is 408 g/mol. The maximum absolute atomic E-state index is 12.4. The molecule has 0 saturated carbocycles. The minimum Gasteiger partial charge on any atom is -0.468 e. The topological polar surface area (TPSA) is 117 Å². The first-order valence-electron chi connectivity index (χ1n) is 9.28. The minimum atomic E-state index is -1.19. The number of methoxy groups -OCH3 is 1. The number of hydrazine groups is 1. The Balaban J connectivity index is 3.33. The zero-order valence-corrected chi connectivity index (χ0v) is 18.5. The van der Waals surface area contributed by atoms with E-state index < -0.39 is 34.3 Å². The van der Waals surface area contributed by atoms with Crippen molar-refractivity contribution < 1.29 is 28.6 Å². The molecule has 1 aromatic rings. The van der Waals surface area contributed by atoms with E-state index >= 15 is 0 Å². The molecule has 29 heavy (non-hydrogen) atoms. The number of hydrogen-bond acceptors (Lipinski definition) is 8. The molecule has 0 aromatic heterocycles. The van der Waals surface area contributed by atoms with E-state index in [1.807, 2.05) is 0 Å². The molecule has 0 radical (unpaired) electrons. The lowest BCUT2D eigenvalue weighted by molar-refractivity contribution is -0.148. The molecule has 0 heterocycles. The Morgan fingerprint density at radius 1 is 0.862 bits per heavy atom. The highest BCUT2D eigenvalue weighted by Gasteiger charge is 2.34. The van der Waals surface area contributed by atoms with Gasteiger partial charge in [-0.1, -0.05) is 6.07 Å². The van der Waals surface area contributed by atoms with Crippen LogP contribution in [0.15, 0.2) is 18.2 Å². The number of carbonyl (C=O) groups excluding carboxylic acids is 3. The van der Waals surface area contributed by atoms with Crippen molar-refractivity contribution in [1.29, 1.82) is 0 Å². The van der Waals surface area contributed by atoms with E-state index in [1.54, 1.807) is 60.6 Å². The predicted molar refractivity (Wildman–Crippen MR) is 108 cm³/mol. The van der Waals surface area contributed by atoms with Gasteiger partial charge in [0.05, 0.1) is 17.9 Å². The van der Waals surface area contributed by atoms with Crippen molar-refractivity contribution in [3.63, 3.8) is 0 Å². The molecule has 1 aromatic carbocycles. The van der Waals surface area contributed by atoms with E-state index in [1.165, 1.54) is 13.2 Å². The van der Waals surface area contributed by atoms with E-state index in [0.717, 1.165) is 0 Å². The summed E-state index contributed by atoms with van der Waals surface area (Å²) >= 11 is 0. The van der Waals surface area contributed by atoms with Crippen molar-refractivity contribution in [2.75, 3.05) is 7.11 Å². The summed E-state index contributed by atoms with van der Waals surface area (Å²) in [7, 11) is 1.27. The summed E-state index contributed by atoms with van der Waals surface area (Å²) in [5.74, 6) is 4.24. The molecule has 0 fully saturated rings. The Kier molecular flexibility index (Phi) is 7.56. The fraction of sp³-hybridized carbons (Fsp3) is 0.571. The first kappa shape index (κ1) is 24.6. The second kappa shape index (κ2) is 8.92.